The molecule has 0 unspecified atom stereocenters. The number of thioether (sulfide) groups is 1. The second-order valence-electron chi connectivity index (χ2n) is 5.96. The summed E-state index contributed by atoms with van der Waals surface area (Å²) in [6.07, 6.45) is -3.47. The molecule has 4 atom stereocenters. The van der Waals surface area contributed by atoms with Gasteiger partial charge in [-0.25, -0.2) is 8.42 Å². The first-order valence-electron chi connectivity index (χ1n) is 7.63. The summed E-state index contributed by atoms with van der Waals surface area (Å²) in [5, 5.41) is 2.85. The van der Waals surface area contributed by atoms with Gasteiger partial charge in [0.15, 0.2) is 12.1 Å². The summed E-state index contributed by atoms with van der Waals surface area (Å²) < 4.78 is 59.4. The van der Waals surface area contributed by atoms with Gasteiger partial charge in [-0.2, -0.15) is 0 Å². The predicted molar refractivity (Wildman–Crippen MR) is 93.0 cm³/mol. The van der Waals surface area contributed by atoms with Crippen molar-refractivity contribution < 1.29 is 70.5 Å². The first kappa shape index (κ1) is 25.5. The number of hydrogen-bond acceptors (Lipinski definition) is 11. The minimum Gasteiger partial charge on any atom is -0.726 e. The molecule has 14 heteroatoms. The first-order chi connectivity index (χ1) is 12.0. The van der Waals surface area contributed by atoms with Crippen LogP contribution < -0.4 is 34.9 Å². The third-order valence-electron chi connectivity index (χ3n) is 3.52. The zero-order valence-electron chi connectivity index (χ0n) is 15.3. The molecule has 2 aliphatic heterocycles. The number of thiocarbonyl (C=S) groups is 1. The largest absolute Gasteiger partial charge is 1.00 e. The molecule has 1 N–H and O–H groups in total. The number of ether oxygens (including phenoxy) is 4. The Labute approximate surface area is 189 Å². The van der Waals surface area contributed by atoms with Crippen LogP contribution >= 0.6 is 24.0 Å². The Hall–Kier alpha value is 0.460. The van der Waals surface area contributed by atoms with E-state index in [9.17, 15) is 17.8 Å². The van der Waals surface area contributed by atoms with Gasteiger partial charge in [0.2, 0.25) is 10.4 Å². The molecule has 0 amide bonds. The van der Waals surface area contributed by atoms with E-state index in [-0.39, 0.29) is 47.7 Å². The van der Waals surface area contributed by atoms with Gasteiger partial charge in [-0.3, -0.25) is 8.98 Å². The minimum absolute atomic E-state index is 0. The fourth-order valence-electron chi connectivity index (χ4n) is 2.51. The third kappa shape index (κ3) is 8.01. The molecule has 2 saturated heterocycles. The average Bonchev–Trinajstić information content (AvgIpc) is 2.96. The van der Waals surface area contributed by atoms with E-state index < -0.39 is 40.8 Å². The van der Waals surface area contributed by atoms with Crippen LogP contribution in [0.1, 0.15) is 20.3 Å². The number of hydrogen-bond donors (Lipinski definition) is 1. The molecular weight excluding hydrogens is 433 g/mol. The van der Waals surface area contributed by atoms with Gasteiger partial charge in [0.1, 0.15) is 22.6 Å². The molecule has 27 heavy (non-hydrogen) atoms. The zero-order chi connectivity index (χ0) is 19.5. The molecule has 2 rings (SSSR count). The van der Waals surface area contributed by atoms with Crippen molar-refractivity contribution in [3.05, 3.63) is 0 Å². The van der Waals surface area contributed by atoms with Crippen molar-refractivity contribution in [3.63, 3.8) is 0 Å². The molecule has 0 aliphatic carbocycles. The fourth-order valence-corrected chi connectivity index (χ4v) is 4.11. The monoisotopic (exact) mass is 453 g/mol. The minimum atomic E-state index is -4.96. The van der Waals surface area contributed by atoms with Crippen molar-refractivity contribution >= 4 is 44.7 Å². The summed E-state index contributed by atoms with van der Waals surface area (Å²) >= 11 is 6.28. The van der Waals surface area contributed by atoms with E-state index in [1.165, 1.54) is 7.11 Å². The van der Waals surface area contributed by atoms with Gasteiger partial charge in [0.05, 0.1) is 13.5 Å². The smallest absolute Gasteiger partial charge is 0.726 e. The summed E-state index contributed by atoms with van der Waals surface area (Å²) in [5.41, 5.74) is 0. The maximum absolute atomic E-state index is 11.0. The number of esters is 1. The van der Waals surface area contributed by atoms with Crippen molar-refractivity contribution in [1.82, 2.24) is 5.32 Å². The van der Waals surface area contributed by atoms with E-state index in [4.69, 9.17) is 26.4 Å². The molecule has 10 nitrogen and oxygen atoms in total. The molecule has 0 radical (unpaired) electrons. The molecule has 0 aromatic rings. The van der Waals surface area contributed by atoms with Crippen LogP contribution in [0.15, 0.2) is 0 Å². The Morgan fingerprint density at radius 2 is 2.04 bits per heavy atom. The molecule has 0 aromatic carbocycles. The summed E-state index contributed by atoms with van der Waals surface area (Å²) in [6.45, 7) is 3.58. The van der Waals surface area contributed by atoms with E-state index in [0.29, 0.717) is 10.9 Å². The fraction of sp³-hybridized carbons (Fsp3) is 0.846. The number of fused-ring (bicyclic) bond motifs is 1. The maximum atomic E-state index is 11.0. The first-order valence-corrected chi connectivity index (χ1v) is 10.4. The Balaban J connectivity index is 0.00000364. The van der Waals surface area contributed by atoms with Gasteiger partial charge in [0, 0.05) is 12.3 Å². The van der Waals surface area contributed by atoms with Crippen LogP contribution in [0, 0.1) is 0 Å². The second-order valence-corrected chi connectivity index (χ2v) is 8.67. The number of carbonyl (C=O) groups excluding carboxylic acids is 1. The Kier molecular flexibility index (Phi) is 9.89. The molecule has 0 spiro atoms. The van der Waals surface area contributed by atoms with Crippen LogP contribution in [-0.2, 0) is 38.3 Å². The van der Waals surface area contributed by atoms with E-state index in [0.717, 1.165) is 11.8 Å². The van der Waals surface area contributed by atoms with E-state index in [2.05, 4.69) is 14.2 Å². The molecule has 150 valence electrons. The number of methoxy groups -OCH3 is 1. The number of rotatable bonds is 7. The third-order valence-corrected chi connectivity index (χ3v) is 5.38. The summed E-state index contributed by atoms with van der Waals surface area (Å²) in [7, 11) is -3.67. The topological polar surface area (TPSA) is 132 Å². The van der Waals surface area contributed by atoms with Gasteiger partial charge < -0.3 is 28.8 Å². The maximum Gasteiger partial charge on any atom is 1.00 e. The molecule has 0 saturated carbocycles. The van der Waals surface area contributed by atoms with Crippen LogP contribution in [0.3, 0.4) is 0 Å². The van der Waals surface area contributed by atoms with Gasteiger partial charge in [0.25, 0.3) is 0 Å². The zero-order valence-corrected chi connectivity index (χ0v) is 19.8. The molecular formula is C13H20NNaO9S3. The van der Waals surface area contributed by atoms with Crippen LogP contribution in [0.25, 0.3) is 0 Å². The SMILES string of the molecule is COC(=O)CCNC(=S)SC[C@H]1O[C@@H]2OC(C)(C)O[C@@H]2[C@H]1OS(=O)(=O)[O-].[Na+]. The molecule has 2 fully saturated rings. The number of nitrogens with one attached hydrogen (secondary N) is 1. The Morgan fingerprint density at radius 3 is 2.63 bits per heavy atom. The average molecular weight is 453 g/mol. The molecule has 0 aromatic heterocycles. The van der Waals surface area contributed by atoms with Gasteiger partial charge >= 0.3 is 35.5 Å². The van der Waals surface area contributed by atoms with Gasteiger partial charge in [-0.15, -0.1) is 0 Å². The van der Waals surface area contributed by atoms with E-state index in [1.807, 2.05) is 0 Å². The van der Waals surface area contributed by atoms with Crippen molar-refractivity contribution in [2.45, 2.75) is 50.7 Å². The Morgan fingerprint density at radius 1 is 1.37 bits per heavy atom. The van der Waals surface area contributed by atoms with E-state index >= 15 is 0 Å². The van der Waals surface area contributed by atoms with Crippen LogP contribution in [0.5, 0.6) is 0 Å². The van der Waals surface area contributed by atoms with Crippen molar-refractivity contribution in [3.8, 4) is 0 Å². The molecule has 0 bridgehead atoms. The molecule has 2 aliphatic rings. The summed E-state index contributed by atoms with van der Waals surface area (Å²) in [4.78, 5) is 11.0. The van der Waals surface area contributed by atoms with E-state index in [1.54, 1.807) is 13.8 Å². The summed E-state index contributed by atoms with van der Waals surface area (Å²) in [6, 6.07) is 0. The molecule has 2 heterocycles. The van der Waals surface area contributed by atoms with Crippen molar-refractivity contribution in [2.75, 3.05) is 19.4 Å². The van der Waals surface area contributed by atoms with Crippen molar-refractivity contribution in [1.29, 1.82) is 0 Å². The predicted octanol–water partition coefficient (Wildman–Crippen LogP) is -3.12. The normalized spacial score (nSPS) is 28.9. The second kappa shape index (κ2) is 10.5. The van der Waals surface area contributed by atoms with Crippen LogP contribution in [-0.4, -0.2) is 73.1 Å². The standard InChI is InChI=1S/C13H21NO9S3.Na/c1-13(2)21-10-9(23-26(16,17)18)7(20-11(10)22-13)6-25-12(24)14-5-4-8(15)19-3;/h7,9-11H,4-6H2,1-3H3,(H,14,24)(H,16,17,18);/q;+1/p-1/t7-,9+,10-,11-;/m1./s1. The Bertz CT molecular complexity index is 645. The number of carbonyl (C=O) groups is 1. The van der Waals surface area contributed by atoms with Crippen LogP contribution in [0.4, 0.5) is 0 Å². The van der Waals surface area contributed by atoms with Gasteiger partial charge in [-0.05, 0) is 13.8 Å². The van der Waals surface area contributed by atoms with Crippen LogP contribution in [0.2, 0.25) is 0 Å². The van der Waals surface area contributed by atoms with Gasteiger partial charge in [-0.1, -0.05) is 24.0 Å². The quantitative estimate of drug-likeness (QED) is 0.137. The summed E-state index contributed by atoms with van der Waals surface area (Å²) in [5.74, 6) is -1.15. The van der Waals surface area contributed by atoms with Crippen molar-refractivity contribution in [2.24, 2.45) is 0 Å².